The van der Waals surface area contributed by atoms with Gasteiger partial charge in [0.2, 0.25) is 0 Å². The van der Waals surface area contributed by atoms with Crippen LogP contribution in [0, 0.1) is 11.3 Å². The first kappa shape index (κ1) is 18.5. The van der Waals surface area contributed by atoms with Crippen molar-refractivity contribution in [1.29, 1.82) is 5.26 Å². The van der Waals surface area contributed by atoms with Crippen LogP contribution < -0.4 is 9.47 Å². The molecule has 23 heavy (non-hydrogen) atoms. The summed E-state index contributed by atoms with van der Waals surface area (Å²) in [6.07, 6.45) is 1.30. The van der Waals surface area contributed by atoms with E-state index >= 15 is 0 Å². The van der Waals surface area contributed by atoms with E-state index < -0.39 is 5.97 Å². The molecule has 0 aliphatic rings. The average molecular weight is 318 g/mol. The van der Waals surface area contributed by atoms with Gasteiger partial charge < -0.3 is 19.5 Å². The maximum atomic E-state index is 10.9. The molecule has 0 atom stereocenters. The predicted octanol–water partition coefficient (Wildman–Crippen LogP) is 2.41. The number of likely N-dealkylation sites (N-methyl/N-ethyl adjacent to an activating group) is 1. The first-order valence-electron chi connectivity index (χ1n) is 7.43. The first-order valence-corrected chi connectivity index (χ1v) is 7.43. The van der Waals surface area contributed by atoms with Crippen LogP contribution in [0.4, 0.5) is 0 Å². The smallest absolute Gasteiger partial charge is 0.346 e. The lowest BCUT2D eigenvalue weighted by Crippen LogP contribution is -2.27. The van der Waals surface area contributed by atoms with E-state index in [9.17, 15) is 4.79 Å². The van der Waals surface area contributed by atoms with Crippen LogP contribution in [-0.4, -0.2) is 49.3 Å². The van der Waals surface area contributed by atoms with Gasteiger partial charge in [-0.05, 0) is 36.9 Å². The first-order chi connectivity index (χ1) is 11.0. The Balaban J connectivity index is 2.91. The minimum absolute atomic E-state index is 0.329. The van der Waals surface area contributed by atoms with Crippen molar-refractivity contribution in [2.75, 3.05) is 33.4 Å². The maximum Gasteiger partial charge on any atom is 0.346 e. The van der Waals surface area contributed by atoms with Crippen LogP contribution in [0.1, 0.15) is 19.4 Å². The lowest BCUT2D eigenvalue weighted by molar-refractivity contribution is -0.132. The van der Waals surface area contributed by atoms with Gasteiger partial charge in [0.15, 0.2) is 11.5 Å². The summed E-state index contributed by atoms with van der Waals surface area (Å²) in [6.45, 7) is 7.35. The molecule has 0 saturated carbocycles. The molecule has 6 nitrogen and oxygen atoms in total. The number of hydrogen-bond donors (Lipinski definition) is 1. The molecule has 0 saturated heterocycles. The van der Waals surface area contributed by atoms with Gasteiger partial charge >= 0.3 is 5.97 Å². The molecule has 0 amide bonds. The lowest BCUT2D eigenvalue weighted by Gasteiger charge is -2.18. The summed E-state index contributed by atoms with van der Waals surface area (Å²) in [4.78, 5) is 13.1. The summed E-state index contributed by atoms with van der Waals surface area (Å²) in [7, 11) is 1.54. The van der Waals surface area contributed by atoms with E-state index in [4.69, 9.17) is 19.8 Å². The second-order valence-electron chi connectivity index (χ2n) is 4.76. The van der Waals surface area contributed by atoms with E-state index in [1.807, 2.05) is 0 Å². The molecule has 0 bridgehead atoms. The topological polar surface area (TPSA) is 82.8 Å². The minimum Gasteiger partial charge on any atom is -0.493 e. The van der Waals surface area contributed by atoms with Gasteiger partial charge in [0, 0.05) is 6.54 Å². The van der Waals surface area contributed by atoms with Gasteiger partial charge in [-0.25, -0.2) is 4.79 Å². The molecule has 1 rings (SSSR count). The molecule has 0 fully saturated rings. The number of benzene rings is 1. The molecule has 1 N–H and O–H groups in total. The van der Waals surface area contributed by atoms with E-state index in [0.717, 1.165) is 19.6 Å². The van der Waals surface area contributed by atoms with Crippen molar-refractivity contribution < 1.29 is 19.4 Å². The zero-order chi connectivity index (χ0) is 17.2. The third kappa shape index (κ3) is 5.64. The Hall–Kier alpha value is -2.52. The summed E-state index contributed by atoms with van der Waals surface area (Å²) in [5.74, 6) is -0.168. The number of carboxylic acid groups (broad SMARTS) is 1. The third-order valence-corrected chi connectivity index (χ3v) is 3.41. The molecule has 0 aliphatic heterocycles. The van der Waals surface area contributed by atoms with Crippen LogP contribution in [0.25, 0.3) is 6.08 Å². The van der Waals surface area contributed by atoms with E-state index in [-0.39, 0.29) is 5.57 Å². The van der Waals surface area contributed by atoms with E-state index in [0.29, 0.717) is 23.7 Å². The fourth-order valence-corrected chi connectivity index (χ4v) is 2.03. The van der Waals surface area contributed by atoms with Gasteiger partial charge in [-0.1, -0.05) is 19.9 Å². The van der Waals surface area contributed by atoms with Crippen LogP contribution >= 0.6 is 0 Å². The quantitative estimate of drug-likeness (QED) is 0.556. The highest BCUT2D eigenvalue weighted by atomic mass is 16.5. The van der Waals surface area contributed by atoms with Crippen LogP contribution in [0.5, 0.6) is 11.5 Å². The summed E-state index contributed by atoms with van der Waals surface area (Å²) in [6, 6.07) is 6.69. The summed E-state index contributed by atoms with van der Waals surface area (Å²) in [5.41, 5.74) is 0.242. The lowest BCUT2D eigenvalue weighted by atomic mass is 10.1. The van der Waals surface area contributed by atoms with Crippen molar-refractivity contribution in [1.82, 2.24) is 4.90 Å². The zero-order valence-corrected chi connectivity index (χ0v) is 13.7. The Labute approximate surface area is 136 Å². The van der Waals surface area contributed by atoms with Crippen molar-refractivity contribution in [3.63, 3.8) is 0 Å². The van der Waals surface area contributed by atoms with Crippen molar-refractivity contribution in [2.45, 2.75) is 13.8 Å². The zero-order valence-electron chi connectivity index (χ0n) is 13.7. The Kier molecular flexibility index (Phi) is 7.64. The molecule has 6 heteroatoms. The highest BCUT2D eigenvalue weighted by Crippen LogP contribution is 2.29. The number of carbonyl (C=O) groups is 1. The van der Waals surface area contributed by atoms with Gasteiger partial charge in [-0.2, -0.15) is 5.26 Å². The van der Waals surface area contributed by atoms with Gasteiger partial charge in [0.1, 0.15) is 18.2 Å². The normalized spacial score (nSPS) is 11.2. The molecule has 0 aliphatic carbocycles. The standard InChI is InChI=1S/C17H22N2O4/c1-4-19(5-2)8-9-23-16-11-13(6-7-15(16)22-3)10-14(12-18)17(20)21/h6-7,10-11H,4-5,8-9H2,1-3H3,(H,20,21)/b14-10+. The molecule has 0 aromatic heterocycles. The van der Waals surface area contributed by atoms with Crippen LogP contribution in [0.15, 0.2) is 23.8 Å². The van der Waals surface area contributed by atoms with Gasteiger partial charge in [0.25, 0.3) is 0 Å². The fourth-order valence-electron chi connectivity index (χ4n) is 2.03. The Bertz CT molecular complexity index is 601. The number of nitrogens with zero attached hydrogens (tertiary/aromatic N) is 2. The van der Waals surface area contributed by atoms with Gasteiger partial charge in [0.05, 0.1) is 7.11 Å². The number of hydrogen-bond acceptors (Lipinski definition) is 5. The minimum atomic E-state index is -1.26. The number of nitriles is 1. The number of methoxy groups -OCH3 is 1. The predicted molar refractivity (Wildman–Crippen MR) is 87.5 cm³/mol. The van der Waals surface area contributed by atoms with Gasteiger partial charge in [-0.3, -0.25) is 0 Å². The molecular weight excluding hydrogens is 296 g/mol. The summed E-state index contributed by atoms with van der Waals surface area (Å²) >= 11 is 0. The Morgan fingerprint density at radius 1 is 1.35 bits per heavy atom. The monoisotopic (exact) mass is 318 g/mol. The Morgan fingerprint density at radius 2 is 2.04 bits per heavy atom. The van der Waals surface area contributed by atoms with E-state index in [1.165, 1.54) is 6.08 Å². The SMILES string of the molecule is CCN(CC)CCOc1cc(/C=C(\C#N)C(=O)O)ccc1OC. The van der Waals surface area contributed by atoms with Crippen molar-refractivity contribution in [3.05, 3.63) is 29.3 Å². The van der Waals surface area contributed by atoms with E-state index in [2.05, 4.69) is 18.7 Å². The van der Waals surface area contributed by atoms with Crippen LogP contribution in [0.3, 0.4) is 0 Å². The van der Waals surface area contributed by atoms with Crippen LogP contribution in [-0.2, 0) is 4.79 Å². The van der Waals surface area contributed by atoms with Crippen molar-refractivity contribution >= 4 is 12.0 Å². The summed E-state index contributed by atoms with van der Waals surface area (Å²) < 4.78 is 11.0. The third-order valence-electron chi connectivity index (χ3n) is 3.41. The highest BCUT2D eigenvalue weighted by Gasteiger charge is 2.09. The average Bonchev–Trinajstić information content (AvgIpc) is 2.56. The Morgan fingerprint density at radius 3 is 2.57 bits per heavy atom. The van der Waals surface area contributed by atoms with Gasteiger partial charge in [-0.15, -0.1) is 0 Å². The van der Waals surface area contributed by atoms with Crippen molar-refractivity contribution in [3.8, 4) is 17.6 Å². The second-order valence-corrected chi connectivity index (χ2v) is 4.76. The second kappa shape index (κ2) is 9.49. The molecule has 1 aromatic rings. The molecule has 0 radical (unpaired) electrons. The number of rotatable bonds is 9. The highest BCUT2D eigenvalue weighted by molar-refractivity contribution is 5.96. The molecule has 1 aromatic carbocycles. The van der Waals surface area contributed by atoms with Crippen molar-refractivity contribution in [2.24, 2.45) is 0 Å². The number of carboxylic acids is 1. The molecule has 0 heterocycles. The maximum absolute atomic E-state index is 10.9. The number of aliphatic carboxylic acids is 1. The molecule has 0 unspecified atom stereocenters. The molecule has 0 spiro atoms. The summed E-state index contributed by atoms with van der Waals surface area (Å²) in [5, 5.41) is 17.7. The number of ether oxygens (including phenoxy) is 2. The largest absolute Gasteiger partial charge is 0.493 e. The fraction of sp³-hybridized carbons (Fsp3) is 0.412. The van der Waals surface area contributed by atoms with E-state index in [1.54, 1.807) is 31.4 Å². The molecular formula is C17H22N2O4. The molecule has 124 valence electrons. The van der Waals surface area contributed by atoms with Crippen LogP contribution in [0.2, 0.25) is 0 Å².